The quantitative estimate of drug-likeness (QED) is 0.182. The molecule has 0 aromatic heterocycles. The monoisotopic (exact) mass is 665 g/mol. The minimum atomic E-state index is -0.650. The fourth-order valence-electron chi connectivity index (χ4n) is 9.93. The predicted octanol–water partition coefficient (Wildman–Crippen LogP) is 12.3. The van der Waals surface area contributed by atoms with Gasteiger partial charge in [-0.3, -0.25) is 0 Å². The van der Waals surface area contributed by atoms with Crippen LogP contribution >= 0.6 is 0 Å². The van der Waals surface area contributed by atoms with Crippen molar-refractivity contribution in [3.05, 3.63) is 244 Å². The zero-order valence-corrected chi connectivity index (χ0v) is 28.3. The Bertz CT molecular complexity index is 2580. The second-order valence-electron chi connectivity index (χ2n) is 14.1. The maximum Gasteiger partial charge on any atom is 0.123 e. The minimum absolute atomic E-state index is 0.218. The van der Waals surface area contributed by atoms with Crippen LogP contribution in [0, 0.1) is 5.82 Å². The van der Waals surface area contributed by atoms with Gasteiger partial charge in [0.1, 0.15) is 5.82 Å². The molecule has 0 bridgehead atoms. The fraction of sp³-hybridized carbons (Fsp3) is 0.0400. The van der Waals surface area contributed by atoms with Gasteiger partial charge in [-0.25, -0.2) is 4.39 Å². The second-order valence-corrected chi connectivity index (χ2v) is 14.1. The van der Waals surface area contributed by atoms with Gasteiger partial charge in [0.15, 0.2) is 0 Å². The summed E-state index contributed by atoms with van der Waals surface area (Å²) >= 11 is 0. The predicted molar refractivity (Wildman–Crippen MR) is 209 cm³/mol. The molecule has 0 N–H and O–H groups in total. The highest BCUT2D eigenvalue weighted by Gasteiger charge is 2.52. The summed E-state index contributed by atoms with van der Waals surface area (Å²) in [5, 5.41) is 0. The van der Waals surface area contributed by atoms with Gasteiger partial charge >= 0.3 is 0 Å². The first-order valence-corrected chi connectivity index (χ1v) is 18.0. The van der Waals surface area contributed by atoms with E-state index >= 15 is 4.39 Å². The fourth-order valence-corrected chi connectivity index (χ4v) is 9.93. The number of nitrogens with zero attached hydrogens (tertiary/aromatic N) is 1. The molecule has 1 aliphatic heterocycles. The van der Waals surface area contributed by atoms with Gasteiger partial charge in [-0.1, -0.05) is 158 Å². The van der Waals surface area contributed by atoms with E-state index in [1.807, 2.05) is 6.07 Å². The maximum absolute atomic E-state index is 15.4. The Balaban J connectivity index is 1.22. The molecule has 244 valence electrons. The smallest absolute Gasteiger partial charge is 0.123 e. The van der Waals surface area contributed by atoms with E-state index in [1.54, 1.807) is 12.1 Å². The molecule has 3 aliphatic rings. The van der Waals surface area contributed by atoms with E-state index in [4.69, 9.17) is 0 Å². The van der Waals surface area contributed by atoms with Crippen LogP contribution < -0.4 is 4.90 Å². The average molecular weight is 666 g/mol. The summed E-state index contributed by atoms with van der Waals surface area (Å²) in [6.45, 7) is 0. The van der Waals surface area contributed by atoms with Crippen molar-refractivity contribution >= 4 is 17.1 Å². The largest absolute Gasteiger partial charge is 0.310 e. The van der Waals surface area contributed by atoms with Gasteiger partial charge in [0.25, 0.3) is 0 Å². The number of benzene rings is 8. The van der Waals surface area contributed by atoms with E-state index in [0.29, 0.717) is 0 Å². The summed E-state index contributed by atoms with van der Waals surface area (Å²) in [4.78, 5) is 2.44. The summed E-state index contributed by atoms with van der Waals surface area (Å²) in [7, 11) is 0. The zero-order chi connectivity index (χ0) is 34.4. The Morgan fingerprint density at radius 1 is 0.327 bits per heavy atom. The summed E-state index contributed by atoms with van der Waals surface area (Å²) in [5.41, 5.74) is 16.3. The van der Waals surface area contributed by atoms with Crippen molar-refractivity contribution in [3.63, 3.8) is 0 Å². The molecular weight excluding hydrogens is 634 g/mol. The molecule has 0 unspecified atom stereocenters. The zero-order valence-electron chi connectivity index (χ0n) is 28.3. The van der Waals surface area contributed by atoms with Crippen molar-refractivity contribution < 1.29 is 4.39 Å². The standard InChI is InChI=1S/C50H32FN/c51-35-27-29-39-40-30-28-36(32-46(40)50(45(39)31-35)41-21-9-7-19-37(41)38-20-8-10-22-42(38)50)52-47-25-13-11-23-43(47)49(33-15-3-1-4-16-33,34-17-5-2-6-18-34)44-24-12-14-26-48(44)52/h1-32H. The third kappa shape index (κ3) is 3.61. The van der Waals surface area contributed by atoms with Gasteiger partial charge in [0.2, 0.25) is 0 Å². The van der Waals surface area contributed by atoms with Crippen molar-refractivity contribution in [1.82, 2.24) is 0 Å². The van der Waals surface area contributed by atoms with Crippen molar-refractivity contribution in [2.75, 3.05) is 4.90 Å². The molecule has 2 aliphatic carbocycles. The highest BCUT2D eigenvalue weighted by Crippen LogP contribution is 2.64. The Labute approximate surface area is 302 Å². The van der Waals surface area contributed by atoms with Crippen LogP contribution in [0.4, 0.5) is 21.5 Å². The molecule has 52 heavy (non-hydrogen) atoms. The van der Waals surface area contributed by atoms with E-state index in [-0.39, 0.29) is 5.82 Å². The third-order valence-corrected chi connectivity index (χ3v) is 11.8. The van der Waals surface area contributed by atoms with Gasteiger partial charge in [-0.05, 0) is 103 Å². The number of anilines is 3. The molecule has 1 spiro atoms. The molecule has 8 aromatic rings. The summed E-state index contributed by atoms with van der Waals surface area (Å²) in [5.74, 6) is -0.218. The van der Waals surface area contributed by atoms with E-state index in [9.17, 15) is 0 Å². The number of hydrogen-bond donors (Lipinski definition) is 0. The molecule has 2 heteroatoms. The van der Waals surface area contributed by atoms with Crippen LogP contribution in [0.1, 0.15) is 44.5 Å². The number of rotatable bonds is 3. The van der Waals surface area contributed by atoms with Gasteiger partial charge in [0.05, 0.1) is 22.2 Å². The number of fused-ring (bicyclic) bond motifs is 12. The summed E-state index contributed by atoms with van der Waals surface area (Å²) in [6, 6.07) is 69.2. The van der Waals surface area contributed by atoms with Gasteiger partial charge in [-0.15, -0.1) is 0 Å². The minimum Gasteiger partial charge on any atom is -0.310 e. The molecule has 8 aromatic carbocycles. The molecule has 0 saturated heterocycles. The normalized spacial score (nSPS) is 14.9. The van der Waals surface area contributed by atoms with Crippen molar-refractivity contribution in [2.45, 2.75) is 10.8 Å². The van der Waals surface area contributed by atoms with Gasteiger partial charge in [0, 0.05) is 5.69 Å². The molecule has 1 heterocycles. The van der Waals surface area contributed by atoms with E-state index < -0.39 is 10.8 Å². The summed E-state index contributed by atoms with van der Waals surface area (Å²) < 4.78 is 15.4. The van der Waals surface area contributed by atoms with Crippen LogP contribution in [0.3, 0.4) is 0 Å². The first-order valence-electron chi connectivity index (χ1n) is 18.0. The van der Waals surface area contributed by atoms with Crippen LogP contribution in [0.5, 0.6) is 0 Å². The summed E-state index contributed by atoms with van der Waals surface area (Å²) in [6.07, 6.45) is 0. The lowest BCUT2D eigenvalue weighted by Gasteiger charge is -2.46. The molecule has 1 nitrogen and oxygen atoms in total. The van der Waals surface area contributed by atoms with Crippen molar-refractivity contribution in [1.29, 1.82) is 0 Å². The highest BCUT2D eigenvalue weighted by atomic mass is 19.1. The lowest BCUT2D eigenvalue weighted by Crippen LogP contribution is -2.37. The molecule has 0 amide bonds. The van der Waals surface area contributed by atoms with Crippen LogP contribution in [-0.2, 0) is 10.8 Å². The molecular formula is C50H32FN. The van der Waals surface area contributed by atoms with Crippen LogP contribution in [0.2, 0.25) is 0 Å². The van der Waals surface area contributed by atoms with Gasteiger partial charge < -0.3 is 4.90 Å². The van der Waals surface area contributed by atoms with Crippen LogP contribution in [0.25, 0.3) is 22.3 Å². The maximum atomic E-state index is 15.4. The van der Waals surface area contributed by atoms with E-state index in [1.165, 1.54) is 50.1 Å². The average Bonchev–Trinajstić information content (AvgIpc) is 3.67. The topological polar surface area (TPSA) is 3.24 Å². The van der Waals surface area contributed by atoms with Crippen molar-refractivity contribution in [3.8, 4) is 22.3 Å². The van der Waals surface area contributed by atoms with Crippen LogP contribution in [-0.4, -0.2) is 0 Å². The number of para-hydroxylation sites is 2. The Morgan fingerprint density at radius 2 is 0.750 bits per heavy atom. The Hall–Kier alpha value is -6.51. The van der Waals surface area contributed by atoms with E-state index in [0.717, 1.165) is 33.8 Å². The first-order chi connectivity index (χ1) is 25.7. The highest BCUT2D eigenvalue weighted by molar-refractivity contribution is 5.97. The molecule has 0 atom stereocenters. The number of halogens is 1. The molecule has 0 fully saturated rings. The van der Waals surface area contributed by atoms with Crippen LogP contribution in [0.15, 0.2) is 194 Å². The lowest BCUT2D eigenvalue weighted by molar-refractivity contribution is 0.622. The lowest BCUT2D eigenvalue weighted by atomic mass is 9.62. The van der Waals surface area contributed by atoms with Gasteiger partial charge in [-0.2, -0.15) is 0 Å². The van der Waals surface area contributed by atoms with E-state index in [2.05, 4.69) is 181 Å². The number of hydrogen-bond acceptors (Lipinski definition) is 1. The Morgan fingerprint density at radius 3 is 1.31 bits per heavy atom. The second kappa shape index (κ2) is 10.7. The Kier molecular flexibility index (Phi) is 6.04. The third-order valence-electron chi connectivity index (χ3n) is 11.8. The molecule has 0 radical (unpaired) electrons. The molecule has 0 saturated carbocycles. The SMILES string of the molecule is Fc1ccc2c(c1)C1(c3ccccc3-c3ccccc31)c1cc(N3c4ccccc4C(c4ccccc4)(c4ccccc4)c4ccccc43)ccc1-2. The molecule has 11 rings (SSSR count). The van der Waals surface area contributed by atoms with Crippen molar-refractivity contribution in [2.24, 2.45) is 0 Å². The first kappa shape index (κ1) is 29.2.